The number of phenolic OH excluding ortho intramolecular Hbond substituents is 1. The first-order valence-corrected chi connectivity index (χ1v) is 9.29. The number of rotatable bonds is 4. The summed E-state index contributed by atoms with van der Waals surface area (Å²) in [4.78, 5) is 37.5. The molecule has 1 heterocycles. The standard InChI is InChI=1S/C23H16N2O6/c26-18-9-5-4-8-17(18)24-20(14-10-12-16(13-11-14)25(30)31)19(22(28)23(24)29)21(27)15-6-2-1-3-7-15/h1-13,20,26-27H/b21-19+. The normalized spacial score (nSPS) is 17.7. The van der Waals surface area contributed by atoms with Crippen LogP contribution in [0, 0.1) is 10.1 Å². The van der Waals surface area contributed by atoms with E-state index < -0.39 is 22.7 Å². The first kappa shape index (κ1) is 19.8. The van der Waals surface area contributed by atoms with Crippen LogP contribution in [-0.4, -0.2) is 26.8 Å². The smallest absolute Gasteiger partial charge is 0.300 e. The van der Waals surface area contributed by atoms with Crippen LogP contribution in [-0.2, 0) is 9.59 Å². The van der Waals surface area contributed by atoms with Crippen LogP contribution in [0.15, 0.2) is 84.4 Å². The Kier molecular flexibility index (Phi) is 4.96. The van der Waals surface area contributed by atoms with Gasteiger partial charge in [-0.15, -0.1) is 0 Å². The molecule has 1 fully saturated rings. The zero-order valence-corrected chi connectivity index (χ0v) is 16.0. The van der Waals surface area contributed by atoms with Crippen molar-refractivity contribution < 1.29 is 24.7 Å². The molecule has 1 amide bonds. The number of ketones is 1. The number of hydrogen-bond acceptors (Lipinski definition) is 6. The Hall–Kier alpha value is -4.46. The molecule has 0 bridgehead atoms. The fraction of sp³-hybridized carbons (Fsp3) is 0.0435. The number of aliphatic hydroxyl groups is 1. The van der Waals surface area contributed by atoms with Crippen molar-refractivity contribution in [3.05, 3.63) is 106 Å². The molecule has 0 saturated carbocycles. The number of non-ortho nitro benzene ring substituents is 1. The molecule has 4 rings (SSSR count). The van der Waals surface area contributed by atoms with Gasteiger partial charge >= 0.3 is 0 Å². The summed E-state index contributed by atoms with van der Waals surface area (Å²) in [5.41, 5.74) is 0.454. The van der Waals surface area contributed by atoms with Crippen molar-refractivity contribution in [2.75, 3.05) is 4.90 Å². The summed E-state index contributed by atoms with van der Waals surface area (Å²) in [6.45, 7) is 0. The largest absolute Gasteiger partial charge is 0.507 e. The summed E-state index contributed by atoms with van der Waals surface area (Å²) in [7, 11) is 0. The lowest BCUT2D eigenvalue weighted by atomic mass is 9.95. The Morgan fingerprint density at radius 2 is 1.52 bits per heavy atom. The van der Waals surface area contributed by atoms with Crippen molar-refractivity contribution >= 4 is 28.8 Å². The van der Waals surface area contributed by atoms with E-state index in [1.54, 1.807) is 42.5 Å². The molecule has 1 aliphatic heterocycles. The van der Waals surface area contributed by atoms with Gasteiger partial charge in [0.25, 0.3) is 17.4 Å². The molecular weight excluding hydrogens is 400 g/mol. The van der Waals surface area contributed by atoms with E-state index in [4.69, 9.17) is 0 Å². The van der Waals surface area contributed by atoms with Gasteiger partial charge in [-0.2, -0.15) is 0 Å². The number of amides is 1. The van der Waals surface area contributed by atoms with Crippen molar-refractivity contribution in [1.82, 2.24) is 0 Å². The Balaban J connectivity index is 1.96. The molecule has 3 aromatic rings. The Morgan fingerprint density at radius 1 is 0.903 bits per heavy atom. The molecule has 31 heavy (non-hydrogen) atoms. The summed E-state index contributed by atoms with van der Waals surface area (Å²) < 4.78 is 0. The lowest BCUT2D eigenvalue weighted by Gasteiger charge is -2.25. The molecule has 0 spiro atoms. The molecule has 8 nitrogen and oxygen atoms in total. The van der Waals surface area contributed by atoms with E-state index in [1.165, 1.54) is 36.4 Å². The number of para-hydroxylation sites is 2. The van der Waals surface area contributed by atoms with E-state index in [0.717, 1.165) is 4.90 Å². The van der Waals surface area contributed by atoms with Crippen molar-refractivity contribution in [1.29, 1.82) is 0 Å². The second-order valence-corrected chi connectivity index (χ2v) is 6.87. The van der Waals surface area contributed by atoms with Crippen molar-refractivity contribution in [3.8, 4) is 5.75 Å². The fourth-order valence-corrected chi connectivity index (χ4v) is 3.59. The van der Waals surface area contributed by atoms with Gasteiger partial charge in [-0.3, -0.25) is 24.6 Å². The maximum Gasteiger partial charge on any atom is 0.300 e. The molecule has 154 valence electrons. The number of anilines is 1. The van der Waals surface area contributed by atoms with Gasteiger partial charge in [0.1, 0.15) is 11.5 Å². The first-order valence-electron chi connectivity index (χ1n) is 9.29. The van der Waals surface area contributed by atoms with Gasteiger partial charge in [-0.25, -0.2) is 0 Å². The van der Waals surface area contributed by atoms with Crippen LogP contribution in [0.4, 0.5) is 11.4 Å². The van der Waals surface area contributed by atoms with Crippen molar-refractivity contribution in [3.63, 3.8) is 0 Å². The minimum absolute atomic E-state index is 0.0834. The fourth-order valence-electron chi connectivity index (χ4n) is 3.59. The number of nitro groups is 1. The third kappa shape index (κ3) is 3.40. The third-order valence-corrected chi connectivity index (χ3v) is 5.05. The lowest BCUT2D eigenvalue weighted by molar-refractivity contribution is -0.384. The predicted octanol–water partition coefficient (Wildman–Crippen LogP) is 3.93. The van der Waals surface area contributed by atoms with Gasteiger partial charge in [0.15, 0.2) is 0 Å². The number of carbonyl (C=O) groups excluding carboxylic acids is 2. The van der Waals surface area contributed by atoms with Gasteiger partial charge in [-0.05, 0) is 29.8 Å². The first-order chi connectivity index (χ1) is 14.9. The molecule has 0 radical (unpaired) electrons. The molecule has 0 aliphatic carbocycles. The predicted molar refractivity (Wildman–Crippen MR) is 112 cm³/mol. The maximum absolute atomic E-state index is 13.0. The molecule has 1 aliphatic rings. The van der Waals surface area contributed by atoms with E-state index >= 15 is 0 Å². The highest BCUT2D eigenvalue weighted by Gasteiger charge is 2.47. The highest BCUT2D eigenvalue weighted by molar-refractivity contribution is 6.51. The average Bonchev–Trinajstić information content (AvgIpc) is 3.05. The highest BCUT2D eigenvalue weighted by atomic mass is 16.6. The molecule has 1 atom stereocenters. The van der Waals surface area contributed by atoms with E-state index in [-0.39, 0.29) is 28.5 Å². The topological polar surface area (TPSA) is 121 Å². The third-order valence-electron chi connectivity index (χ3n) is 5.05. The number of aromatic hydroxyl groups is 1. The minimum Gasteiger partial charge on any atom is -0.507 e. The lowest BCUT2D eigenvalue weighted by Crippen LogP contribution is -2.29. The highest BCUT2D eigenvalue weighted by Crippen LogP contribution is 2.44. The number of nitrogens with zero attached hydrogens (tertiary/aromatic N) is 2. The SMILES string of the molecule is O=C1C(=O)N(c2ccccc2O)C(c2ccc([N+](=O)[O-])cc2)/C1=C(\O)c1ccccc1. The van der Waals surface area contributed by atoms with Gasteiger partial charge in [-0.1, -0.05) is 42.5 Å². The van der Waals surface area contributed by atoms with Crippen LogP contribution in [0.5, 0.6) is 5.75 Å². The van der Waals surface area contributed by atoms with E-state index in [1.807, 2.05) is 0 Å². The van der Waals surface area contributed by atoms with Crippen LogP contribution in [0.25, 0.3) is 5.76 Å². The number of phenols is 1. The summed E-state index contributed by atoms with van der Waals surface area (Å²) in [5.74, 6) is -2.45. The molecule has 1 saturated heterocycles. The summed E-state index contributed by atoms with van der Waals surface area (Å²) in [6, 6.07) is 18.5. The Labute approximate surface area is 176 Å². The number of benzene rings is 3. The maximum atomic E-state index is 13.0. The molecule has 2 N–H and O–H groups in total. The van der Waals surface area contributed by atoms with Crippen LogP contribution in [0.2, 0.25) is 0 Å². The minimum atomic E-state index is -1.09. The molecule has 0 aromatic heterocycles. The van der Waals surface area contributed by atoms with Crippen LogP contribution >= 0.6 is 0 Å². The van der Waals surface area contributed by atoms with E-state index in [2.05, 4.69) is 0 Å². The zero-order chi connectivity index (χ0) is 22.1. The van der Waals surface area contributed by atoms with Crippen molar-refractivity contribution in [2.24, 2.45) is 0 Å². The Bertz CT molecular complexity index is 1220. The second kappa shape index (κ2) is 7.75. The number of nitro benzene ring substituents is 1. The van der Waals surface area contributed by atoms with Gasteiger partial charge in [0, 0.05) is 17.7 Å². The summed E-state index contributed by atoms with van der Waals surface area (Å²) >= 11 is 0. The van der Waals surface area contributed by atoms with Gasteiger partial charge < -0.3 is 10.2 Å². The quantitative estimate of drug-likeness (QED) is 0.219. The Morgan fingerprint density at radius 3 is 2.13 bits per heavy atom. The van der Waals surface area contributed by atoms with Crippen LogP contribution < -0.4 is 4.90 Å². The number of Topliss-reactive ketones (excluding diaryl/α,β-unsaturated/α-hetero) is 1. The van der Waals surface area contributed by atoms with Gasteiger partial charge in [0.05, 0.1) is 22.2 Å². The number of hydrogen-bond donors (Lipinski definition) is 2. The monoisotopic (exact) mass is 416 g/mol. The van der Waals surface area contributed by atoms with E-state index in [9.17, 15) is 29.9 Å². The second-order valence-electron chi connectivity index (χ2n) is 6.87. The summed E-state index contributed by atoms with van der Waals surface area (Å²) in [5, 5.41) is 32.3. The molecule has 8 heteroatoms. The summed E-state index contributed by atoms with van der Waals surface area (Å²) in [6.07, 6.45) is 0. The van der Waals surface area contributed by atoms with E-state index in [0.29, 0.717) is 11.1 Å². The van der Waals surface area contributed by atoms with Crippen LogP contribution in [0.1, 0.15) is 17.2 Å². The molecular formula is C23H16N2O6. The van der Waals surface area contributed by atoms with Crippen LogP contribution in [0.3, 0.4) is 0 Å². The molecule has 3 aromatic carbocycles. The average molecular weight is 416 g/mol. The molecule has 1 unspecified atom stereocenters. The number of carbonyl (C=O) groups is 2. The van der Waals surface area contributed by atoms with Crippen molar-refractivity contribution in [2.45, 2.75) is 6.04 Å². The van der Waals surface area contributed by atoms with Gasteiger partial charge in [0.2, 0.25) is 0 Å². The zero-order valence-electron chi connectivity index (χ0n) is 16.0. The number of aliphatic hydroxyl groups excluding tert-OH is 1.